The van der Waals surface area contributed by atoms with Gasteiger partial charge in [-0.1, -0.05) is 172 Å². The Morgan fingerprint density at radius 2 is 0.955 bits per heavy atom. The summed E-state index contributed by atoms with van der Waals surface area (Å²) in [5.41, 5.74) is 0. The van der Waals surface area contributed by atoms with E-state index >= 15 is 0 Å². The maximum Gasteiger partial charge on any atom is 0.306 e. The molecule has 66 heavy (non-hydrogen) atoms. The number of rotatable bonds is 39. The summed E-state index contributed by atoms with van der Waals surface area (Å²) in [7, 11) is 0. The van der Waals surface area contributed by atoms with Crippen molar-refractivity contribution in [3.8, 4) is 0 Å². The summed E-state index contributed by atoms with van der Waals surface area (Å²) in [6.45, 7) is 2.44. The van der Waals surface area contributed by atoms with Gasteiger partial charge in [-0.05, 0) is 32.1 Å². The van der Waals surface area contributed by atoms with E-state index in [1.807, 2.05) is 24.3 Å². The van der Waals surface area contributed by atoms with Crippen molar-refractivity contribution in [3.63, 3.8) is 0 Å². The van der Waals surface area contributed by atoms with Crippen molar-refractivity contribution in [1.82, 2.24) is 0 Å². The van der Waals surface area contributed by atoms with Crippen LogP contribution in [0, 0.1) is 0 Å². The molecule has 0 aromatic heterocycles. The average molecular weight is 943 g/mol. The fraction of sp³-hybridized carbons (Fsp3) is 0.843. The molecule has 0 radical (unpaired) electrons. The minimum Gasteiger partial charge on any atom is -0.462 e. The number of hydrogen-bond acceptors (Lipinski definition) is 15. The van der Waals surface area contributed by atoms with Crippen LogP contribution in [0.4, 0.5) is 0 Å². The molecule has 11 atom stereocenters. The summed E-state index contributed by atoms with van der Waals surface area (Å²) in [4.78, 5) is 25.7. The van der Waals surface area contributed by atoms with Crippen LogP contribution in [0.5, 0.6) is 0 Å². The first kappa shape index (κ1) is 59.8. The molecule has 0 aliphatic carbocycles. The minimum absolute atomic E-state index is 0.143. The number of ether oxygens (including phenoxy) is 6. The third-order valence-corrected chi connectivity index (χ3v) is 12.2. The smallest absolute Gasteiger partial charge is 0.306 e. The van der Waals surface area contributed by atoms with Crippen LogP contribution in [-0.4, -0.2) is 142 Å². The molecule has 2 heterocycles. The zero-order valence-corrected chi connectivity index (χ0v) is 40.4. The van der Waals surface area contributed by atoms with E-state index in [-0.39, 0.29) is 26.1 Å². The normalized spacial score (nSPS) is 26.4. The Balaban J connectivity index is 1.80. The molecule has 2 fully saturated rings. The molecule has 2 aliphatic heterocycles. The molecule has 7 N–H and O–H groups in total. The highest BCUT2D eigenvalue weighted by atomic mass is 16.7. The predicted octanol–water partition coefficient (Wildman–Crippen LogP) is 6.93. The van der Waals surface area contributed by atoms with Gasteiger partial charge in [0.1, 0.15) is 55.4 Å². The van der Waals surface area contributed by atoms with Crippen molar-refractivity contribution in [2.75, 3.05) is 26.4 Å². The lowest BCUT2D eigenvalue weighted by atomic mass is 9.98. The number of carbonyl (C=O) groups excluding carboxylic acids is 2. The van der Waals surface area contributed by atoms with Crippen LogP contribution in [0.2, 0.25) is 0 Å². The summed E-state index contributed by atoms with van der Waals surface area (Å²) in [5, 5.41) is 72.0. The fourth-order valence-corrected chi connectivity index (χ4v) is 7.98. The first-order chi connectivity index (χ1) is 32.0. The Labute approximate surface area is 395 Å². The van der Waals surface area contributed by atoms with Crippen molar-refractivity contribution in [1.29, 1.82) is 0 Å². The van der Waals surface area contributed by atoms with Gasteiger partial charge in [-0.25, -0.2) is 0 Å². The van der Waals surface area contributed by atoms with E-state index in [4.69, 9.17) is 28.4 Å². The van der Waals surface area contributed by atoms with Gasteiger partial charge in [-0.2, -0.15) is 0 Å². The zero-order valence-electron chi connectivity index (χ0n) is 40.4. The average Bonchev–Trinajstić information content (AvgIpc) is 3.31. The second-order valence-electron chi connectivity index (χ2n) is 18.0. The molecule has 0 amide bonds. The molecule has 2 aliphatic rings. The van der Waals surface area contributed by atoms with Crippen LogP contribution in [-0.2, 0) is 38.0 Å². The SMILES string of the molecule is CC/C=C/C=C/C=C/CCCCCCCC(=O)OC(COC(=O)CCCCCCCCCCCCCCCCCCC)CO[C@@H]1O[C@H](CO[C@@H]2O[C@H](CO)[C@H](O)C(O)C2O)[C@H](O)C(O)C1O. The highest BCUT2D eigenvalue weighted by molar-refractivity contribution is 5.70. The van der Waals surface area contributed by atoms with Gasteiger partial charge in [-0.15, -0.1) is 0 Å². The van der Waals surface area contributed by atoms with E-state index < -0.39 is 92.7 Å². The molecule has 2 rings (SSSR count). The van der Waals surface area contributed by atoms with Crippen LogP contribution < -0.4 is 0 Å². The molecule has 0 bridgehead atoms. The van der Waals surface area contributed by atoms with E-state index in [0.717, 1.165) is 57.8 Å². The monoisotopic (exact) mass is 943 g/mol. The van der Waals surface area contributed by atoms with E-state index in [1.165, 1.54) is 83.5 Å². The van der Waals surface area contributed by atoms with Crippen molar-refractivity contribution >= 4 is 11.9 Å². The van der Waals surface area contributed by atoms with Gasteiger partial charge in [0.25, 0.3) is 0 Å². The van der Waals surface area contributed by atoms with Crippen LogP contribution in [0.1, 0.15) is 181 Å². The van der Waals surface area contributed by atoms with Crippen LogP contribution in [0.3, 0.4) is 0 Å². The predicted molar refractivity (Wildman–Crippen MR) is 252 cm³/mol. The van der Waals surface area contributed by atoms with Crippen LogP contribution in [0.25, 0.3) is 0 Å². The number of aliphatic hydroxyl groups excluding tert-OH is 7. The van der Waals surface area contributed by atoms with Gasteiger partial charge >= 0.3 is 11.9 Å². The number of esters is 2. The molecule has 15 nitrogen and oxygen atoms in total. The highest BCUT2D eigenvalue weighted by Crippen LogP contribution is 2.26. The highest BCUT2D eigenvalue weighted by Gasteiger charge is 2.47. The fourth-order valence-electron chi connectivity index (χ4n) is 7.98. The molecular formula is C51H90O15. The van der Waals surface area contributed by atoms with Crippen molar-refractivity contribution < 1.29 is 73.8 Å². The first-order valence-corrected chi connectivity index (χ1v) is 25.6. The summed E-state index contributed by atoms with van der Waals surface area (Å²) in [6, 6.07) is 0. The molecule has 0 aromatic rings. The van der Waals surface area contributed by atoms with Crippen molar-refractivity contribution in [3.05, 3.63) is 36.5 Å². The standard InChI is InChI=1S/C51H90O15/c1-3-5-7-9-11-13-15-17-18-19-20-22-23-25-27-29-31-33-42(53)61-36-39(64-43(54)34-32-30-28-26-24-21-16-14-12-10-8-6-4-2)37-62-50-49(60)47(58)45(56)41(66-50)38-63-51-48(59)46(57)44(55)40(35-52)65-51/h6,8,10,12,14,16,39-41,44-52,55-60H,3-5,7,9,11,13,15,17-38H2,1-2H3/b8-6+,12-10+,16-14+/t39?,40-,41-,44+,45+,46?,47?,48?,49?,50-,51-/m1/s1. The molecular weight excluding hydrogens is 853 g/mol. The molecule has 5 unspecified atom stereocenters. The topological polar surface area (TPSA) is 231 Å². The van der Waals surface area contributed by atoms with Gasteiger partial charge < -0.3 is 64.2 Å². The van der Waals surface area contributed by atoms with Crippen LogP contribution >= 0.6 is 0 Å². The molecule has 15 heteroatoms. The quantitative estimate of drug-likeness (QED) is 0.0188. The number of allylic oxidation sites excluding steroid dienone is 6. The molecule has 0 spiro atoms. The summed E-state index contributed by atoms with van der Waals surface area (Å²) in [6.07, 6.45) is 23.2. The second kappa shape index (κ2) is 38.6. The Morgan fingerprint density at radius 3 is 1.48 bits per heavy atom. The Bertz CT molecular complexity index is 1290. The lowest BCUT2D eigenvalue weighted by Gasteiger charge is -2.42. The van der Waals surface area contributed by atoms with Crippen molar-refractivity contribution in [2.45, 2.75) is 248 Å². The van der Waals surface area contributed by atoms with Gasteiger partial charge in [0.05, 0.1) is 19.8 Å². The van der Waals surface area contributed by atoms with Gasteiger partial charge in [0.15, 0.2) is 18.7 Å². The summed E-state index contributed by atoms with van der Waals surface area (Å²) >= 11 is 0. The Morgan fingerprint density at radius 1 is 0.500 bits per heavy atom. The third kappa shape index (κ3) is 26.5. The van der Waals surface area contributed by atoms with E-state index in [0.29, 0.717) is 12.8 Å². The zero-order chi connectivity index (χ0) is 48.2. The van der Waals surface area contributed by atoms with Crippen molar-refractivity contribution in [2.24, 2.45) is 0 Å². The number of unbranched alkanes of at least 4 members (excludes halogenated alkanes) is 21. The molecule has 0 aromatic carbocycles. The van der Waals surface area contributed by atoms with Gasteiger partial charge in [-0.3, -0.25) is 9.59 Å². The second-order valence-corrected chi connectivity index (χ2v) is 18.0. The number of aliphatic hydroxyl groups is 7. The number of hydrogen-bond donors (Lipinski definition) is 7. The minimum atomic E-state index is -1.77. The molecule has 0 saturated carbocycles. The third-order valence-electron chi connectivity index (χ3n) is 12.2. The maximum absolute atomic E-state index is 13.0. The van der Waals surface area contributed by atoms with Crippen LogP contribution in [0.15, 0.2) is 36.5 Å². The van der Waals surface area contributed by atoms with E-state index in [9.17, 15) is 45.3 Å². The summed E-state index contributed by atoms with van der Waals surface area (Å²) < 4.78 is 33.5. The lowest BCUT2D eigenvalue weighted by Crippen LogP contribution is -2.61. The van der Waals surface area contributed by atoms with Gasteiger partial charge in [0, 0.05) is 12.8 Å². The maximum atomic E-state index is 13.0. The number of carbonyl (C=O) groups is 2. The summed E-state index contributed by atoms with van der Waals surface area (Å²) in [5.74, 6) is -0.944. The lowest BCUT2D eigenvalue weighted by molar-refractivity contribution is -0.332. The Hall–Kier alpha value is -2.28. The first-order valence-electron chi connectivity index (χ1n) is 25.6. The van der Waals surface area contributed by atoms with E-state index in [1.54, 1.807) is 0 Å². The van der Waals surface area contributed by atoms with Gasteiger partial charge in [0.2, 0.25) is 0 Å². The molecule has 2 saturated heterocycles. The largest absolute Gasteiger partial charge is 0.462 e. The van der Waals surface area contributed by atoms with E-state index in [2.05, 4.69) is 26.0 Å². The molecule has 384 valence electrons. The Kier molecular flexibility index (Phi) is 35.0.